The van der Waals surface area contributed by atoms with Crippen molar-refractivity contribution in [3.63, 3.8) is 0 Å². The molecular formula is C23H23NO4S. The first kappa shape index (κ1) is 20.7. The van der Waals surface area contributed by atoms with E-state index in [1.165, 1.54) is 23.8 Å². The van der Waals surface area contributed by atoms with Crippen LogP contribution in [0, 0.1) is 13.8 Å². The van der Waals surface area contributed by atoms with Crippen molar-refractivity contribution >= 4 is 23.1 Å². The fourth-order valence-electron chi connectivity index (χ4n) is 2.98. The zero-order valence-electron chi connectivity index (χ0n) is 16.9. The molecule has 0 bridgehead atoms. The Morgan fingerprint density at radius 3 is 2.45 bits per heavy atom. The zero-order valence-corrected chi connectivity index (χ0v) is 17.8. The van der Waals surface area contributed by atoms with Gasteiger partial charge < -0.3 is 9.47 Å². The van der Waals surface area contributed by atoms with Crippen molar-refractivity contribution in [3.8, 4) is 17.0 Å². The predicted molar refractivity (Wildman–Crippen MR) is 114 cm³/mol. The number of aryl methyl sites for hydroxylation is 2. The first-order valence-electron chi connectivity index (χ1n) is 9.24. The van der Waals surface area contributed by atoms with Crippen molar-refractivity contribution < 1.29 is 19.1 Å². The number of esters is 1. The maximum Gasteiger partial charge on any atom is 0.311 e. The second kappa shape index (κ2) is 9.01. The summed E-state index contributed by atoms with van der Waals surface area (Å²) in [7, 11) is 1.54. The molecule has 0 spiro atoms. The number of carbonyl (C=O) groups is 2. The van der Waals surface area contributed by atoms with Gasteiger partial charge in [-0.15, -0.1) is 11.3 Å². The molecule has 0 amide bonds. The second-order valence-corrected chi connectivity index (χ2v) is 8.08. The maximum absolute atomic E-state index is 12.5. The lowest BCUT2D eigenvalue weighted by Crippen LogP contribution is -2.09. The lowest BCUT2D eigenvalue weighted by molar-refractivity contribution is -0.144. The molecule has 0 aliphatic rings. The summed E-state index contributed by atoms with van der Waals surface area (Å²) in [4.78, 5) is 29.6. The van der Waals surface area contributed by atoms with Gasteiger partial charge in [-0.25, -0.2) is 4.98 Å². The number of hydrogen-bond donors (Lipinski definition) is 0. The molecule has 2 aromatic carbocycles. The summed E-state index contributed by atoms with van der Waals surface area (Å²) in [5, 5.41) is 0.902. The van der Waals surface area contributed by atoms with Crippen molar-refractivity contribution in [2.75, 3.05) is 7.11 Å². The Labute approximate surface area is 174 Å². The molecule has 0 radical (unpaired) electrons. The van der Waals surface area contributed by atoms with Gasteiger partial charge in [0, 0.05) is 21.6 Å². The fraction of sp³-hybridized carbons (Fsp3) is 0.261. The van der Waals surface area contributed by atoms with Crippen LogP contribution in [0.25, 0.3) is 11.3 Å². The Morgan fingerprint density at radius 1 is 1.07 bits per heavy atom. The fourth-order valence-corrected chi connectivity index (χ4v) is 3.92. The van der Waals surface area contributed by atoms with Crippen molar-refractivity contribution in [2.45, 2.75) is 33.8 Å². The Kier molecular flexibility index (Phi) is 6.44. The molecule has 0 aliphatic carbocycles. The topological polar surface area (TPSA) is 65.5 Å². The van der Waals surface area contributed by atoms with Gasteiger partial charge in [0.1, 0.15) is 12.4 Å². The molecule has 6 heteroatoms. The number of carbonyl (C=O) groups excluding carboxylic acids is 2. The van der Waals surface area contributed by atoms with E-state index in [0.717, 1.165) is 21.1 Å². The van der Waals surface area contributed by atoms with Gasteiger partial charge in [0.2, 0.25) is 0 Å². The van der Waals surface area contributed by atoms with Gasteiger partial charge >= 0.3 is 5.97 Å². The zero-order chi connectivity index (χ0) is 21.0. The molecule has 1 aromatic heterocycles. The third-order valence-electron chi connectivity index (χ3n) is 4.51. The number of benzene rings is 2. The Hall–Kier alpha value is -2.99. The van der Waals surface area contributed by atoms with Crippen LogP contribution in [-0.2, 0) is 22.6 Å². The van der Waals surface area contributed by atoms with Crippen LogP contribution in [0.15, 0.2) is 42.5 Å². The third-order valence-corrected chi connectivity index (χ3v) is 5.48. The van der Waals surface area contributed by atoms with E-state index in [1.54, 1.807) is 25.3 Å². The molecule has 0 unspecified atom stereocenters. The number of thiazole rings is 1. The summed E-state index contributed by atoms with van der Waals surface area (Å²) >= 11 is 1.50. The molecule has 0 saturated heterocycles. The van der Waals surface area contributed by atoms with Gasteiger partial charge in [-0.2, -0.15) is 0 Å². The lowest BCUT2D eigenvalue weighted by atomic mass is 10.1. The van der Waals surface area contributed by atoms with Crippen LogP contribution in [0.2, 0.25) is 0 Å². The predicted octanol–water partition coefficient (Wildman–Crippen LogP) is 4.92. The molecule has 0 atom stereocenters. The first-order chi connectivity index (χ1) is 13.9. The molecular weight excluding hydrogens is 386 g/mol. The van der Waals surface area contributed by atoms with Gasteiger partial charge in [-0.3, -0.25) is 9.59 Å². The molecule has 3 rings (SSSR count). The van der Waals surface area contributed by atoms with E-state index in [4.69, 9.17) is 9.47 Å². The largest absolute Gasteiger partial charge is 0.496 e. The quantitative estimate of drug-likeness (QED) is 0.409. The van der Waals surface area contributed by atoms with E-state index in [-0.39, 0.29) is 24.8 Å². The molecule has 0 N–H and O–H groups in total. The van der Waals surface area contributed by atoms with Crippen LogP contribution >= 0.6 is 11.3 Å². The minimum Gasteiger partial charge on any atom is -0.496 e. The number of hydrogen-bond acceptors (Lipinski definition) is 6. The Balaban J connectivity index is 1.73. The highest BCUT2D eigenvalue weighted by molar-refractivity contribution is 7.12. The molecule has 0 aliphatic heterocycles. The number of ether oxygens (including phenoxy) is 2. The maximum atomic E-state index is 12.5. The number of methoxy groups -OCH3 is 1. The molecule has 0 fully saturated rings. The minimum absolute atomic E-state index is 0.0424. The van der Waals surface area contributed by atoms with Crippen LogP contribution in [0.4, 0.5) is 0 Å². The average Bonchev–Trinajstić information content (AvgIpc) is 3.06. The molecule has 1 heterocycles. The summed E-state index contributed by atoms with van der Waals surface area (Å²) in [5.74, 6) is 0.178. The van der Waals surface area contributed by atoms with Crippen LogP contribution in [0.5, 0.6) is 5.75 Å². The number of rotatable bonds is 7. The number of ketones is 1. The molecule has 0 saturated carbocycles. The highest BCUT2D eigenvalue weighted by Gasteiger charge is 2.17. The standard InChI is InChI=1S/C23H23NO4S/c1-14-5-7-17(8-6-14)23-21(29-16(3)24-23)12-22(26)28-13-19-11-18(15(2)25)9-10-20(19)27-4/h5-11H,12-13H2,1-4H3. The first-order valence-corrected chi connectivity index (χ1v) is 10.1. The van der Waals surface area contributed by atoms with Gasteiger partial charge in [0.25, 0.3) is 0 Å². The van der Waals surface area contributed by atoms with Crippen molar-refractivity contribution in [1.82, 2.24) is 4.98 Å². The molecule has 29 heavy (non-hydrogen) atoms. The van der Waals surface area contributed by atoms with Crippen LogP contribution in [-0.4, -0.2) is 23.8 Å². The van der Waals surface area contributed by atoms with Gasteiger partial charge in [-0.05, 0) is 39.0 Å². The SMILES string of the molecule is COc1ccc(C(C)=O)cc1COC(=O)Cc1sc(C)nc1-c1ccc(C)cc1. The normalized spacial score (nSPS) is 10.6. The summed E-state index contributed by atoms with van der Waals surface area (Å²) in [6.45, 7) is 5.50. The lowest BCUT2D eigenvalue weighted by Gasteiger charge is -2.11. The highest BCUT2D eigenvalue weighted by atomic mass is 32.1. The molecule has 150 valence electrons. The van der Waals surface area contributed by atoms with E-state index in [0.29, 0.717) is 16.9 Å². The second-order valence-electron chi connectivity index (χ2n) is 6.79. The summed E-state index contributed by atoms with van der Waals surface area (Å²) in [6.07, 6.45) is 0.142. The smallest absolute Gasteiger partial charge is 0.311 e. The summed E-state index contributed by atoms with van der Waals surface area (Å²) in [6, 6.07) is 13.2. The molecule has 3 aromatic rings. The van der Waals surface area contributed by atoms with Crippen molar-refractivity contribution in [1.29, 1.82) is 0 Å². The molecule has 5 nitrogen and oxygen atoms in total. The summed E-state index contributed by atoms with van der Waals surface area (Å²) in [5.41, 5.74) is 4.19. The van der Waals surface area contributed by atoms with E-state index < -0.39 is 0 Å². The van der Waals surface area contributed by atoms with E-state index in [2.05, 4.69) is 4.98 Å². The van der Waals surface area contributed by atoms with Crippen molar-refractivity contribution in [3.05, 3.63) is 69.0 Å². The van der Waals surface area contributed by atoms with Crippen LogP contribution in [0.3, 0.4) is 0 Å². The monoisotopic (exact) mass is 409 g/mol. The number of Topliss-reactive ketones (excluding diaryl/α,β-unsaturated/α-hetero) is 1. The minimum atomic E-state index is -0.350. The van der Waals surface area contributed by atoms with E-state index in [1.807, 2.05) is 38.1 Å². The average molecular weight is 410 g/mol. The van der Waals surface area contributed by atoms with E-state index >= 15 is 0 Å². The summed E-state index contributed by atoms with van der Waals surface area (Å²) < 4.78 is 10.8. The number of aromatic nitrogens is 1. The van der Waals surface area contributed by atoms with Crippen LogP contribution < -0.4 is 4.74 Å². The van der Waals surface area contributed by atoms with E-state index in [9.17, 15) is 9.59 Å². The van der Waals surface area contributed by atoms with Gasteiger partial charge in [0.05, 0.1) is 24.2 Å². The van der Waals surface area contributed by atoms with Crippen molar-refractivity contribution in [2.24, 2.45) is 0 Å². The van der Waals surface area contributed by atoms with Gasteiger partial charge in [-0.1, -0.05) is 29.8 Å². The Bertz CT molecular complexity index is 1040. The third kappa shape index (κ3) is 5.09. The Morgan fingerprint density at radius 2 is 1.79 bits per heavy atom. The highest BCUT2D eigenvalue weighted by Crippen LogP contribution is 2.29. The van der Waals surface area contributed by atoms with Gasteiger partial charge in [0.15, 0.2) is 5.78 Å². The van der Waals surface area contributed by atoms with Crippen LogP contribution in [0.1, 0.15) is 38.3 Å². The number of nitrogens with zero attached hydrogens (tertiary/aromatic N) is 1.